The molecule has 1 heterocycles. The van der Waals surface area contributed by atoms with Crippen LogP contribution in [0.5, 0.6) is 5.75 Å². The van der Waals surface area contributed by atoms with Gasteiger partial charge in [0.2, 0.25) is 0 Å². The number of hydrogen-bond acceptors (Lipinski definition) is 4. The summed E-state index contributed by atoms with van der Waals surface area (Å²) in [5.74, 6) is 0.864. The Morgan fingerprint density at radius 3 is 2.89 bits per heavy atom. The molecule has 1 aliphatic heterocycles. The molecule has 4 heteroatoms. The van der Waals surface area contributed by atoms with E-state index in [0.29, 0.717) is 6.42 Å². The Hall–Kier alpha value is -1.73. The van der Waals surface area contributed by atoms with Gasteiger partial charge in [0.1, 0.15) is 5.75 Å². The normalized spacial score (nSPS) is 21.8. The summed E-state index contributed by atoms with van der Waals surface area (Å²) in [6.07, 6.45) is 0.515. The molecule has 19 heavy (non-hydrogen) atoms. The van der Waals surface area contributed by atoms with Gasteiger partial charge in [-0.05, 0) is 26.0 Å². The second kappa shape index (κ2) is 5.50. The zero-order valence-electron chi connectivity index (χ0n) is 11.8. The molecule has 0 aliphatic carbocycles. The zero-order valence-corrected chi connectivity index (χ0v) is 11.8. The molecule has 0 bridgehead atoms. The Kier molecular flexibility index (Phi) is 3.96. The third-order valence-electron chi connectivity index (χ3n) is 3.54. The Labute approximate surface area is 115 Å². The van der Waals surface area contributed by atoms with E-state index in [9.17, 15) is 0 Å². The van der Waals surface area contributed by atoms with Crippen molar-refractivity contribution < 1.29 is 4.74 Å². The number of nitrogens with one attached hydrogen (secondary N) is 1. The Balaban J connectivity index is 2.34. The maximum atomic E-state index is 9.00. The summed E-state index contributed by atoms with van der Waals surface area (Å²) < 4.78 is 5.45. The summed E-state index contributed by atoms with van der Waals surface area (Å²) in [6.45, 7) is 6.04. The molecule has 0 aromatic heterocycles. The minimum atomic E-state index is 0.0345. The minimum Gasteiger partial charge on any atom is -0.495 e. The number of para-hydroxylation sites is 2. The van der Waals surface area contributed by atoms with E-state index < -0.39 is 0 Å². The van der Waals surface area contributed by atoms with E-state index >= 15 is 0 Å². The van der Waals surface area contributed by atoms with Crippen LogP contribution in [0.1, 0.15) is 20.3 Å². The molecule has 1 aromatic rings. The SMILES string of the molecule is COc1ccccc1N1CC(C)(C)NCC1CC#N. The monoisotopic (exact) mass is 259 g/mol. The first-order valence-electron chi connectivity index (χ1n) is 6.59. The van der Waals surface area contributed by atoms with Gasteiger partial charge in [0, 0.05) is 18.6 Å². The van der Waals surface area contributed by atoms with E-state index in [4.69, 9.17) is 10.00 Å². The first-order chi connectivity index (χ1) is 9.07. The van der Waals surface area contributed by atoms with E-state index in [0.717, 1.165) is 24.5 Å². The lowest BCUT2D eigenvalue weighted by Crippen LogP contribution is -2.61. The number of piperazine rings is 1. The number of nitrogens with zero attached hydrogens (tertiary/aromatic N) is 2. The molecule has 102 valence electrons. The van der Waals surface area contributed by atoms with Gasteiger partial charge in [0.25, 0.3) is 0 Å². The Bertz CT molecular complexity index is 479. The molecule has 4 nitrogen and oxygen atoms in total. The fourth-order valence-corrected chi connectivity index (χ4v) is 2.55. The van der Waals surface area contributed by atoms with Gasteiger partial charge >= 0.3 is 0 Å². The first kappa shape index (κ1) is 13.7. The van der Waals surface area contributed by atoms with Crippen molar-refractivity contribution in [3.63, 3.8) is 0 Å². The Morgan fingerprint density at radius 2 is 2.21 bits per heavy atom. The van der Waals surface area contributed by atoms with Gasteiger partial charge in [-0.15, -0.1) is 0 Å². The van der Waals surface area contributed by atoms with Crippen LogP contribution in [0.4, 0.5) is 5.69 Å². The molecule has 1 fully saturated rings. The van der Waals surface area contributed by atoms with Crippen LogP contribution < -0.4 is 15.0 Å². The van der Waals surface area contributed by atoms with E-state index in [1.165, 1.54) is 0 Å². The van der Waals surface area contributed by atoms with Crippen LogP contribution in [0.3, 0.4) is 0 Å². The molecular weight excluding hydrogens is 238 g/mol. The van der Waals surface area contributed by atoms with Crippen molar-refractivity contribution in [1.82, 2.24) is 5.32 Å². The largest absolute Gasteiger partial charge is 0.495 e. The van der Waals surface area contributed by atoms with Crippen molar-refractivity contribution >= 4 is 5.69 Å². The van der Waals surface area contributed by atoms with Gasteiger partial charge in [0.15, 0.2) is 0 Å². The Morgan fingerprint density at radius 1 is 1.47 bits per heavy atom. The third kappa shape index (κ3) is 2.99. The highest BCUT2D eigenvalue weighted by atomic mass is 16.5. The molecule has 0 radical (unpaired) electrons. The highest BCUT2D eigenvalue weighted by Crippen LogP contribution is 2.32. The predicted molar refractivity (Wildman–Crippen MR) is 76.4 cm³/mol. The summed E-state index contributed by atoms with van der Waals surface area (Å²) in [5.41, 5.74) is 1.10. The molecule has 0 amide bonds. The number of anilines is 1. The summed E-state index contributed by atoms with van der Waals surface area (Å²) >= 11 is 0. The molecular formula is C15H21N3O. The van der Waals surface area contributed by atoms with Gasteiger partial charge in [-0.1, -0.05) is 12.1 Å². The number of benzene rings is 1. The molecule has 1 aliphatic rings. The lowest BCUT2D eigenvalue weighted by Gasteiger charge is -2.45. The van der Waals surface area contributed by atoms with Gasteiger partial charge in [-0.2, -0.15) is 5.26 Å². The summed E-state index contributed by atoms with van der Waals surface area (Å²) in [6, 6.07) is 10.5. The number of ether oxygens (including phenoxy) is 1. The topological polar surface area (TPSA) is 48.3 Å². The number of rotatable bonds is 3. The molecule has 2 rings (SSSR count). The van der Waals surface area contributed by atoms with Crippen molar-refractivity contribution in [1.29, 1.82) is 5.26 Å². The molecule has 1 atom stereocenters. The maximum Gasteiger partial charge on any atom is 0.142 e. The summed E-state index contributed by atoms with van der Waals surface area (Å²) in [4.78, 5) is 2.29. The van der Waals surface area contributed by atoms with Crippen molar-refractivity contribution in [2.75, 3.05) is 25.1 Å². The quantitative estimate of drug-likeness (QED) is 0.903. The average Bonchev–Trinajstić information content (AvgIpc) is 2.40. The van der Waals surface area contributed by atoms with Gasteiger partial charge in [-0.3, -0.25) is 0 Å². The average molecular weight is 259 g/mol. The fourth-order valence-electron chi connectivity index (χ4n) is 2.55. The molecule has 1 unspecified atom stereocenters. The van der Waals surface area contributed by atoms with Crippen molar-refractivity contribution in [3.8, 4) is 11.8 Å². The third-order valence-corrected chi connectivity index (χ3v) is 3.54. The fraction of sp³-hybridized carbons (Fsp3) is 0.533. The van der Waals surface area contributed by atoms with Crippen LogP contribution in [0, 0.1) is 11.3 Å². The number of methoxy groups -OCH3 is 1. The van der Waals surface area contributed by atoms with Crippen molar-refractivity contribution in [2.24, 2.45) is 0 Å². The van der Waals surface area contributed by atoms with Crippen LogP contribution in [0.15, 0.2) is 24.3 Å². The van der Waals surface area contributed by atoms with E-state index in [-0.39, 0.29) is 11.6 Å². The molecule has 1 N–H and O–H groups in total. The lowest BCUT2D eigenvalue weighted by molar-refractivity contribution is 0.308. The van der Waals surface area contributed by atoms with Crippen molar-refractivity contribution in [2.45, 2.75) is 31.8 Å². The lowest BCUT2D eigenvalue weighted by atomic mass is 9.96. The molecule has 0 spiro atoms. The summed E-state index contributed by atoms with van der Waals surface area (Å²) in [7, 11) is 1.69. The standard InChI is InChI=1S/C15H21N3O/c1-15(2)11-18(12(8-9-16)10-17-15)13-6-4-5-7-14(13)19-3/h4-7,12,17H,8,10-11H2,1-3H3. The van der Waals surface area contributed by atoms with Crippen LogP contribution in [-0.2, 0) is 0 Å². The van der Waals surface area contributed by atoms with Gasteiger partial charge < -0.3 is 15.0 Å². The van der Waals surface area contributed by atoms with Crippen LogP contribution >= 0.6 is 0 Å². The maximum absolute atomic E-state index is 9.00. The van der Waals surface area contributed by atoms with E-state index in [1.807, 2.05) is 18.2 Å². The summed E-state index contributed by atoms with van der Waals surface area (Å²) in [5, 5.41) is 12.5. The van der Waals surface area contributed by atoms with Crippen molar-refractivity contribution in [3.05, 3.63) is 24.3 Å². The molecule has 1 saturated heterocycles. The number of nitriles is 1. The predicted octanol–water partition coefficient (Wildman–Crippen LogP) is 2.17. The zero-order chi connectivity index (χ0) is 13.9. The first-order valence-corrected chi connectivity index (χ1v) is 6.59. The van der Waals surface area contributed by atoms with Crippen LogP contribution in [-0.4, -0.2) is 31.8 Å². The molecule has 1 aromatic carbocycles. The van der Waals surface area contributed by atoms with E-state index in [2.05, 4.69) is 36.2 Å². The second-order valence-corrected chi connectivity index (χ2v) is 5.58. The second-order valence-electron chi connectivity index (χ2n) is 5.58. The smallest absolute Gasteiger partial charge is 0.142 e. The number of hydrogen-bond donors (Lipinski definition) is 1. The van der Waals surface area contributed by atoms with Crippen LogP contribution in [0.25, 0.3) is 0 Å². The minimum absolute atomic E-state index is 0.0345. The van der Waals surface area contributed by atoms with E-state index in [1.54, 1.807) is 7.11 Å². The van der Waals surface area contributed by atoms with Crippen LogP contribution in [0.2, 0.25) is 0 Å². The highest BCUT2D eigenvalue weighted by molar-refractivity contribution is 5.60. The van der Waals surface area contributed by atoms with Gasteiger partial charge in [0.05, 0.1) is 31.3 Å². The van der Waals surface area contributed by atoms with Gasteiger partial charge in [-0.25, -0.2) is 0 Å². The molecule has 0 saturated carbocycles. The highest BCUT2D eigenvalue weighted by Gasteiger charge is 2.33.